The Kier molecular flexibility index (Phi) is 3.56. The van der Waals surface area contributed by atoms with Crippen LogP contribution in [0, 0.1) is 5.92 Å². The zero-order valence-electron chi connectivity index (χ0n) is 13.3. The zero-order chi connectivity index (χ0) is 16.8. The maximum atomic E-state index is 12.6. The molecule has 3 atom stereocenters. The van der Waals surface area contributed by atoms with Crippen LogP contribution in [0.4, 0.5) is 0 Å². The van der Waals surface area contributed by atoms with Gasteiger partial charge in [0.05, 0.1) is 11.1 Å². The minimum Gasteiger partial charge on any atom is -0.444 e. The first-order valence-corrected chi connectivity index (χ1v) is 7.73. The molecule has 1 fully saturated rings. The van der Waals surface area contributed by atoms with Gasteiger partial charge in [-0.15, -0.1) is 0 Å². The summed E-state index contributed by atoms with van der Waals surface area (Å²) in [6, 6.07) is 6.29. The minimum atomic E-state index is -1.91. The van der Waals surface area contributed by atoms with Crippen molar-refractivity contribution >= 4 is 11.9 Å². The van der Waals surface area contributed by atoms with Crippen molar-refractivity contribution in [1.82, 2.24) is 0 Å². The van der Waals surface area contributed by atoms with Gasteiger partial charge in [0.2, 0.25) is 0 Å². The largest absolute Gasteiger partial charge is 0.444 e. The van der Waals surface area contributed by atoms with Gasteiger partial charge in [-0.3, -0.25) is 0 Å². The van der Waals surface area contributed by atoms with E-state index in [0.29, 0.717) is 12.0 Å². The number of hydrogen-bond acceptors (Lipinski definition) is 5. The molecule has 1 aliphatic heterocycles. The lowest BCUT2D eigenvalue weighted by molar-refractivity contribution is -0.281. The van der Waals surface area contributed by atoms with Gasteiger partial charge in [0.25, 0.3) is 5.79 Å². The van der Waals surface area contributed by atoms with E-state index in [2.05, 4.69) is 6.58 Å². The predicted molar refractivity (Wildman–Crippen MR) is 82.8 cm³/mol. The number of hydrogen-bond donors (Lipinski definition) is 1. The molecule has 0 amide bonds. The van der Waals surface area contributed by atoms with Crippen LogP contribution in [0.2, 0.25) is 0 Å². The number of fused-ring (bicyclic) bond motifs is 2. The smallest absolute Gasteiger partial charge is 0.341 e. The summed E-state index contributed by atoms with van der Waals surface area (Å²) >= 11 is 0. The molecule has 0 spiro atoms. The fraction of sp³-hybridized carbons (Fsp3) is 0.444. The van der Waals surface area contributed by atoms with E-state index in [4.69, 9.17) is 9.47 Å². The van der Waals surface area contributed by atoms with E-state index in [1.165, 1.54) is 12.1 Å². The number of rotatable bonds is 1. The lowest BCUT2D eigenvalue weighted by Gasteiger charge is -2.50. The van der Waals surface area contributed by atoms with Crippen molar-refractivity contribution in [3.8, 4) is 0 Å². The van der Waals surface area contributed by atoms with Crippen LogP contribution in [0.15, 0.2) is 36.4 Å². The van der Waals surface area contributed by atoms with Gasteiger partial charge in [-0.25, -0.2) is 9.59 Å². The molecule has 1 N–H and O–H groups in total. The predicted octanol–water partition coefficient (Wildman–Crippen LogP) is 2.84. The minimum absolute atomic E-state index is 0.0967. The Morgan fingerprint density at radius 1 is 1.22 bits per heavy atom. The van der Waals surface area contributed by atoms with Gasteiger partial charge in [-0.2, -0.15) is 0 Å². The molecule has 3 unspecified atom stereocenters. The summed E-state index contributed by atoms with van der Waals surface area (Å²) in [4.78, 5) is 25.1. The zero-order valence-corrected chi connectivity index (χ0v) is 13.3. The van der Waals surface area contributed by atoms with Crippen molar-refractivity contribution in [1.29, 1.82) is 0 Å². The topological polar surface area (TPSA) is 72.8 Å². The van der Waals surface area contributed by atoms with Crippen molar-refractivity contribution in [3.05, 3.63) is 47.5 Å². The Hall–Kier alpha value is -2.14. The lowest BCUT2D eigenvalue weighted by atomic mass is 9.71. The highest BCUT2D eigenvalue weighted by Crippen LogP contribution is 2.48. The van der Waals surface area contributed by atoms with Crippen LogP contribution < -0.4 is 0 Å². The van der Waals surface area contributed by atoms with Crippen LogP contribution in [0.25, 0.3) is 0 Å². The third-order valence-corrected chi connectivity index (χ3v) is 4.83. The maximum Gasteiger partial charge on any atom is 0.341 e. The lowest BCUT2D eigenvalue weighted by Crippen LogP contribution is -2.63. The fourth-order valence-corrected chi connectivity index (χ4v) is 3.53. The van der Waals surface area contributed by atoms with Crippen molar-refractivity contribution < 1.29 is 24.2 Å². The van der Waals surface area contributed by atoms with Gasteiger partial charge in [0.1, 0.15) is 0 Å². The molecule has 1 heterocycles. The highest BCUT2D eigenvalue weighted by molar-refractivity contribution is 6.04. The molecule has 0 saturated heterocycles. The summed E-state index contributed by atoms with van der Waals surface area (Å²) in [5, 5.41) is 11.1. The molecule has 1 aliphatic carbocycles. The van der Waals surface area contributed by atoms with Crippen molar-refractivity contribution in [2.24, 2.45) is 5.92 Å². The molecule has 122 valence electrons. The van der Waals surface area contributed by atoms with E-state index in [-0.39, 0.29) is 23.5 Å². The van der Waals surface area contributed by atoms with E-state index >= 15 is 0 Å². The molecule has 23 heavy (non-hydrogen) atoms. The molecule has 3 rings (SSSR count). The first-order valence-electron chi connectivity index (χ1n) is 7.73. The molecule has 0 radical (unpaired) electrons. The summed E-state index contributed by atoms with van der Waals surface area (Å²) in [5.41, 5.74) is -0.717. The van der Waals surface area contributed by atoms with E-state index in [1.807, 2.05) is 6.92 Å². The molecular formula is C18H20O5. The third kappa shape index (κ3) is 2.27. The Balaban J connectivity index is 2.18. The molecule has 0 aromatic heterocycles. The number of carbonyl (C=O) groups excluding carboxylic acids is 2. The van der Waals surface area contributed by atoms with Gasteiger partial charge in [0.15, 0.2) is 5.60 Å². The second-order valence-electron chi connectivity index (χ2n) is 6.56. The SMILES string of the molecule is C=C(C)C12CCC(C)CC1(O)OC(=O)c1ccccc1C(=O)O2. The second-order valence-corrected chi connectivity index (χ2v) is 6.56. The number of esters is 2. The molecule has 2 aliphatic rings. The summed E-state index contributed by atoms with van der Waals surface area (Å²) in [7, 11) is 0. The molecule has 5 heteroatoms. The Bertz CT molecular complexity index is 694. The number of benzene rings is 1. The summed E-state index contributed by atoms with van der Waals surface area (Å²) in [5.74, 6) is -3.14. The number of carbonyl (C=O) groups is 2. The maximum absolute atomic E-state index is 12.6. The first kappa shape index (κ1) is 15.7. The average Bonchev–Trinajstić information content (AvgIpc) is 2.48. The van der Waals surface area contributed by atoms with E-state index in [1.54, 1.807) is 19.1 Å². The van der Waals surface area contributed by atoms with Crippen LogP contribution in [0.1, 0.15) is 53.8 Å². The van der Waals surface area contributed by atoms with Gasteiger partial charge in [0, 0.05) is 6.42 Å². The number of aliphatic hydroxyl groups is 1. The molecular weight excluding hydrogens is 296 g/mol. The number of ether oxygens (including phenoxy) is 2. The monoisotopic (exact) mass is 316 g/mol. The summed E-state index contributed by atoms with van der Waals surface area (Å²) in [6.45, 7) is 7.52. The van der Waals surface area contributed by atoms with Crippen LogP contribution in [0.5, 0.6) is 0 Å². The Morgan fingerprint density at radius 3 is 2.35 bits per heavy atom. The average molecular weight is 316 g/mol. The molecule has 0 bridgehead atoms. The molecule has 1 aromatic carbocycles. The molecule has 5 nitrogen and oxygen atoms in total. The summed E-state index contributed by atoms with van der Waals surface area (Å²) in [6.07, 6.45) is 1.30. The van der Waals surface area contributed by atoms with Gasteiger partial charge >= 0.3 is 11.9 Å². The highest BCUT2D eigenvalue weighted by Gasteiger charge is 2.61. The van der Waals surface area contributed by atoms with Crippen molar-refractivity contribution in [3.63, 3.8) is 0 Å². The standard InChI is InChI=1S/C18H20O5/c1-11(2)17-9-8-12(3)10-18(17,21)23-16(20)14-7-5-4-6-13(14)15(19)22-17/h4-7,12,21H,1,8-10H2,2-3H3. The highest BCUT2D eigenvalue weighted by atomic mass is 16.7. The van der Waals surface area contributed by atoms with E-state index < -0.39 is 23.3 Å². The van der Waals surface area contributed by atoms with Gasteiger partial charge in [-0.1, -0.05) is 25.6 Å². The second kappa shape index (κ2) is 5.20. The van der Waals surface area contributed by atoms with Gasteiger partial charge in [-0.05, 0) is 43.4 Å². The van der Waals surface area contributed by atoms with Crippen LogP contribution >= 0.6 is 0 Å². The quantitative estimate of drug-likeness (QED) is 0.637. The van der Waals surface area contributed by atoms with Crippen molar-refractivity contribution in [2.45, 2.75) is 44.5 Å². The van der Waals surface area contributed by atoms with E-state index in [9.17, 15) is 14.7 Å². The third-order valence-electron chi connectivity index (χ3n) is 4.83. The molecule has 1 aromatic rings. The Morgan fingerprint density at radius 2 is 1.78 bits per heavy atom. The molecule has 1 saturated carbocycles. The summed E-state index contributed by atoms with van der Waals surface area (Å²) < 4.78 is 11.2. The van der Waals surface area contributed by atoms with Crippen LogP contribution in [0.3, 0.4) is 0 Å². The van der Waals surface area contributed by atoms with E-state index in [0.717, 1.165) is 6.42 Å². The normalized spacial score (nSPS) is 33.4. The van der Waals surface area contributed by atoms with Crippen LogP contribution in [-0.4, -0.2) is 28.4 Å². The van der Waals surface area contributed by atoms with Gasteiger partial charge < -0.3 is 14.6 Å². The van der Waals surface area contributed by atoms with Crippen molar-refractivity contribution in [2.75, 3.05) is 0 Å². The Labute approximate surface area is 134 Å². The first-order chi connectivity index (χ1) is 10.8. The fourth-order valence-electron chi connectivity index (χ4n) is 3.53. The van der Waals surface area contributed by atoms with Crippen LogP contribution in [-0.2, 0) is 9.47 Å².